The molecule has 1 aromatic heterocycles. The van der Waals surface area contributed by atoms with E-state index in [0.29, 0.717) is 39.6 Å². The first-order chi connectivity index (χ1) is 15.0. The van der Waals surface area contributed by atoms with Gasteiger partial charge >= 0.3 is 5.63 Å². The Morgan fingerprint density at radius 1 is 1.06 bits per heavy atom. The summed E-state index contributed by atoms with van der Waals surface area (Å²) in [7, 11) is 1.43. The van der Waals surface area contributed by atoms with Gasteiger partial charge in [-0.15, -0.1) is 0 Å². The van der Waals surface area contributed by atoms with Gasteiger partial charge in [-0.1, -0.05) is 47.5 Å². The van der Waals surface area contributed by atoms with Gasteiger partial charge in [-0.2, -0.15) is 0 Å². The molecule has 0 aliphatic carbocycles. The van der Waals surface area contributed by atoms with Gasteiger partial charge in [-0.05, 0) is 36.4 Å². The van der Waals surface area contributed by atoms with E-state index in [2.05, 4.69) is 9.98 Å². The summed E-state index contributed by atoms with van der Waals surface area (Å²) in [5.74, 6) is 0.213. The Labute approximate surface area is 186 Å². The maximum absolute atomic E-state index is 12.3. The number of nitrogens with zero attached hydrogens (tertiary/aromatic N) is 2. The predicted molar refractivity (Wildman–Crippen MR) is 121 cm³/mol. The first-order valence-corrected chi connectivity index (χ1v) is 9.84. The number of benzene rings is 3. The van der Waals surface area contributed by atoms with Crippen molar-refractivity contribution in [1.82, 2.24) is 4.98 Å². The maximum Gasteiger partial charge on any atom is 0.347 e. The van der Waals surface area contributed by atoms with Gasteiger partial charge in [0.2, 0.25) is 11.8 Å². The first kappa shape index (κ1) is 20.8. The number of carbonyl (C=O) groups excluding carboxylic acids is 1. The molecule has 8 heteroatoms. The van der Waals surface area contributed by atoms with Crippen molar-refractivity contribution >= 4 is 52.0 Å². The second-order valence-corrected chi connectivity index (χ2v) is 7.25. The summed E-state index contributed by atoms with van der Waals surface area (Å²) in [6.45, 7) is 0. The molecule has 4 aromatic rings. The Kier molecular flexibility index (Phi) is 5.84. The van der Waals surface area contributed by atoms with Crippen molar-refractivity contribution in [2.45, 2.75) is 0 Å². The Morgan fingerprint density at radius 2 is 1.81 bits per heavy atom. The predicted octanol–water partition coefficient (Wildman–Crippen LogP) is 5.70. The molecule has 0 saturated heterocycles. The highest BCUT2D eigenvalue weighted by Gasteiger charge is 2.18. The van der Waals surface area contributed by atoms with Crippen molar-refractivity contribution in [1.29, 1.82) is 0 Å². The molecule has 0 spiro atoms. The highest BCUT2D eigenvalue weighted by Crippen LogP contribution is 2.33. The monoisotopic (exact) mass is 452 g/mol. The number of aliphatic imine (C=N–C) groups is 1. The van der Waals surface area contributed by atoms with E-state index in [4.69, 9.17) is 32.4 Å². The minimum absolute atomic E-state index is 0.0457. The molecule has 0 amide bonds. The van der Waals surface area contributed by atoms with E-state index in [0.717, 1.165) is 0 Å². The van der Waals surface area contributed by atoms with Gasteiger partial charge in [0.05, 0.1) is 44.9 Å². The summed E-state index contributed by atoms with van der Waals surface area (Å²) in [6, 6.07) is 16.7. The van der Waals surface area contributed by atoms with Crippen LogP contribution in [-0.4, -0.2) is 24.3 Å². The third-order valence-electron chi connectivity index (χ3n) is 4.53. The summed E-state index contributed by atoms with van der Waals surface area (Å²) in [4.78, 5) is 32.4. The van der Waals surface area contributed by atoms with E-state index < -0.39 is 5.63 Å². The molecule has 0 atom stereocenters. The lowest BCUT2D eigenvalue weighted by Crippen LogP contribution is -2.06. The molecule has 154 valence electrons. The molecule has 0 N–H and O–H groups in total. The molecule has 31 heavy (non-hydrogen) atoms. The van der Waals surface area contributed by atoms with Crippen LogP contribution in [0.4, 0.5) is 5.69 Å². The van der Waals surface area contributed by atoms with Crippen LogP contribution in [0.2, 0.25) is 10.0 Å². The lowest BCUT2D eigenvalue weighted by Gasteiger charge is -2.11. The van der Waals surface area contributed by atoms with Gasteiger partial charge in [0, 0.05) is 5.56 Å². The minimum atomic E-state index is -0.526. The third kappa shape index (κ3) is 4.08. The summed E-state index contributed by atoms with van der Waals surface area (Å²) in [6.07, 6.45) is 0.706. The molecule has 0 radical (unpaired) electrons. The molecular weight excluding hydrogens is 439 g/mol. The van der Waals surface area contributed by atoms with Crippen LogP contribution in [-0.2, 0) is 4.74 Å². The van der Waals surface area contributed by atoms with Crippen molar-refractivity contribution in [3.05, 3.63) is 92.3 Å². The number of carbonyl (C=O) groups is 1. The van der Waals surface area contributed by atoms with Gasteiger partial charge < -0.3 is 9.15 Å². The summed E-state index contributed by atoms with van der Waals surface area (Å²) < 4.78 is 10.8. The number of ether oxygens (including phenoxy) is 1. The Hall–Kier alpha value is -3.48. The minimum Gasteiger partial charge on any atom is -0.481 e. The second kappa shape index (κ2) is 8.71. The summed E-state index contributed by atoms with van der Waals surface area (Å²) in [5, 5.41) is 0.854. The van der Waals surface area contributed by atoms with Crippen molar-refractivity contribution in [2.75, 3.05) is 7.11 Å². The average Bonchev–Trinajstić information content (AvgIpc) is 2.79. The number of aromatic nitrogens is 1. The second-order valence-electron chi connectivity index (χ2n) is 6.43. The molecule has 0 unspecified atom stereocenters. The van der Waals surface area contributed by atoms with E-state index in [1.807, 2.05) is 0 Å². The zero-order valence-electron chi connectivity index (χ0n) is 16.1. The van der Waals surface area contributed by atoms with Crippen LogP contribution in [0.3, 0.4) is 0 Å². The van der Waals surface area contributed by atoms with Crippen LogP contribution in [0.25, 0.3) is 22.4 Å². The molecule has 0 aliphatic rings. The normalized spacial score (nSPS) is 11.5. The molecule has 0 bridgehead atoms. The van der Waals surface area contributed by atoms with Gasteiger partial charge in [0.1, 0.15) is 0 Å². The number of methoxy groups -OCH3 is 1. The van der Waals surface area contributed by atoms with Crippen LogP contribution in [0.1, 0.15) is 15.9 Å². The fourth-order valence-corrected chi connectivity index (χ4v) is 3.51. The van der Waals surface area contributed by atoms with Crippen molar-refractivity contribution in [3.63, 3.8) is 0 Å². The van der Waals surface area contributed by atoms with Gasteiger partial charge in [0.15, 0.2) is 6.29 Å². The first-order valence-electron chi connectivity index (χ1n) is 9.08. The van der Waals surface area contributed by atoms with Crippen LogP contribution in [0.5, 0.6) is 0 Å². The summed E-state index contributed by atoms with van der Waals surface area (Å²) in [5.41, 5.74) is 1.53. The highest BCUT2D eigenvalue weighted by molar-refractivity contribution is 6.37. The maximum atomic E-state index is 12.3. The molecule has 0 fully saturated rings. The topological polar surface area (TPSA) is 81.8 Å². The number of rotatable bonds is 4. The van der Waals surface area contributed by atoms with E-state index in [-0.39, 0.29) is 21.8 Å². The SMILES string of the molecule is COC(=Nc1ccccc1C=O)c1cc(Cl)c(-c2nc3ccccc3c(=O)o2)cc1Cl. The fraction of sp³-hybridized carbons (Fsp3) is 0.0435. The zero-order chi connectivity index (χ0) is 22.0. The Bertz CT molecular complexity index is 1400. The number of aldehydes is 1. The van der Waals surface area contributed by atoms with E-state index in [1.54, 1.807) is 54.6 Å². The molecule has 6 nitrogen and oxygen atoms in total. The van der Waals surface area contributed by atoms with Gasteiger partial charge in [-0.3, -0.25) is 4.79 Å². The van der Waals surface area contributed by atoms with Crippen LogP contribution >= 0.6 is 23.2 Å². The van der Waals surface area contributed by atoms with Crippen molar-refractivity contribution in [3.8, 4) is 11.5 Å². The largest absolute Gasteiger partial charge is 0.481 e. The number of para-hydroxylation sites is 2. The number of hydrogen-bond donors (Lipinski definition) is 0. The van der Waals surface area contributed by atoms with Crippen molar-refractivity contribution < 1.29 is 13.9 Å². The Morgan fingerprint density at radius 3 is 2.58 bits per heavy atom. The average molecular weight is 453 g/mol. The van der Waals surface area contributed by atoms with Crippen LogP contribution in [0, 0.1) is 0 Å². The molecule has 3 aromatic carbocycles. The molecule has 1 heterocycles. The van der Waals surface area contributed by atoms with Crippen LogP contribution < -0.4 is 5.63 Å². The van der Waals surface area contributed by atoms with Crippen molar-refractivity contribution in [2.24, 2.45) is 4.99 Å². The summed E-state index contributed by atoms with van der Waals surface area (Å²) >= 11 is 13.0. The quantitative estimate of drug-likeness (QED) is 0.225. The molecule has 0 aliphatic heterocycles. The number of halogens is 2. The standard InChI is InChI=1S/C23H14Cl2N2O4/c1-30-21(26-19-8-4-2-6-13(19)12-28)15-10-18(25)16(11-17(15)24)22-27-20-9-5-3-7-14(20)23(29)31-22/h2-12H,1H3. The number of hydrogen-bond acceptors (Lipinski definition) is 6. The fourth-order valence-electron chi connectivity index (χ4n) is 3.02. The van der Waals surface area contributed by atoms with Crippen LogP contribution in [0.15, 0.2) is 74.9 Å². The lowest BCUT2D eigenvalue weighted by molar-refractivity contribution is 0.112. The van der Waals surface area contributed by atoms with Gasteiger partial charge in [0.25, 0.3) is 0 Å². The highest BCUT2D eigenvalue weighted by atomic mass is 35.5. The smallest absolute Gasteiger partial charge is 0.347 e. The molecule has 4 rings (SSSR count). The van der Waals surface area contributed by atoms with E-state index in [9.17, 15) is 9.59 Å². The molecular formula is C23H14Cl2N2O4. The lowest BCUT2D eigenvalue weighted by atomic mass is 10.1. The van der Waals surface area contributed by atoms with E-state index in [1.165, 1.54) is 13.2 Å². The Balaban J connectivity index is 1.83. The third-order valence-corrected chi connectivity index (χ3v) is 5.16. The number of fused-ring (bicyclic) bond motifs is 1. The zero-order valence-corrected chi connectivity index (χ0v) is 17.6. The van der Waals surface area contributed by atoms with E-state index >= 15 is 0 Å². The van der Waals surface area contributed by atoms with Gasteiger partial charge in [-0.25, -0.2) is 14.8 Å². The molecule has 0 saturated carbocycles.